The molecule has 3 aromatic heterocycles. The molecular weight excluding hydrogens is 393 g/mol. The maximum atomic E-state index is 12.6. The summed E-state index contributed by atoms with van der Waals surface area (Å²) in [5, 5.41) is 7.69. The first-order valence-electron chi connectivity index (χ1n) is 8.89. The summed E-state index contributed by atoms with van der Waals surface area (Å²) >= 11 is 1.26. The Morgan fingerprint density at radius 1 is 1.39 bits per heavy atom. The fourth-order valence-electron chi connectivity index (χ4n) is 3.04. The zero-order valence-corrected chi connectivity index (χ0v) is 15.8. The van der Waals surface area contributed by atoms with Crippen LogP contribution < -0.4 is 0 Å². The third-order valence-corrected chi connectivity index (χ3v) is 6.20. The Morgan fingerprint density at radius 2 is 2.18 bits per heavy atom. The average Bonchev–Trinajstić information content (AvgIpc) is 3.36. The van der Waals surface area contributed by atoms with E-state index in [-0.39, 0.29) is 17.6 Å². The number of carbonyl (C=O) groups is 1. The van der Waals surface area contributed by atoms with Gasteiger partial charge in [0.25, 0.3) is 0 Å². The highest BCUT2D eigenvalue weighted by atomic mass is 32.1. The number of alkyl halides is 3. The van der Waals surface area contributed by atoms with Crippen LogP contribution in [-0.2, 0) is 6.18 Å². The van der Waals surface area contributed by atoms with Crippen molar-refractivity contribution in [2.24, 2.45) is 5.92 Å². The molecule has 1 aliphatic rings. The molecular formula is C18H17F3N4O2S. The molecule has 1 saturated carbocycles. The summed E-state index contributed by atoms with van der Waals surface area (Å²) in [5.41, 5.74) is 0.587. The lowest BCUT2D eigenvalue weighted by Gasteiger charge is -2.23. The van der Waals surface area contributed by atoms with E-state index < -0.39 is 12.1 Å². The van der Waals surface area contributed by atoms with Gasteiger partial charge in [-0.15, -0.1) is 11.3 Å². The van der Waals surface area contributed by atoms with Crippen LogP contribution in [0.5, 0.6) is 0 Å². The first-order chi connectivity index (χ1) is 13.3. The monoisotopic (exact) mass is 410 g/mol. The molecule has 0 aromatic carbocycles. The van der Waals surface area contributed by atoms with Crippen LogP contribution in [0, 0.1) is 5.92 Å². The van der Waals surface area contributed by atoms with Gasteiger partial charge in [0.1, 0.15) is 0 Å². The Morgan fingerprint density at radius 3 is 2.82 bits per heavy atom. The average molecular weight is 410 g/mol. The fourth-order valence-corrected chi connectivity index (χ4v) is 4.02. The van der Waals surface area contributed by atoms with Crippen LogP contribution in [0.25, 0.3) is 10.7 Å². The van der Waals surface area contributed by atoms with Crippen LogP contribution >= 0.6 is 11.3 Å². The Labute approximate surface area is 162 Å². The third kappa shape index (κ3) is 3.73. The van der Waals surface area contributed by atoms with Gasteiger partial charge >= 0.3 is 12.1 Å². The lowest BCUT2D eigenvalue weighted by molar-refractivity contribution is -0.159. The highest BCUT2D eigenvalue weighted by Crippen LogP contribution is 2.34. The standard InChI is InChI=1S/C18H17F3N4O2S/c1-10(25-9-12(8-22-25)13(26)7-11-3-2-4-11)14-5-6-15(28-14)16-23-17(27-24-16)18(19,20)21/h5-6,8-11H,2-4,7H2,1H3. The Kier molecular flexibility index (Phi) is 4.82. The number of rotatable bonds is 6. The summed E-state index contributed by atoms with van der Waals surface area (Å²) in [6.07, 6.45) is 2.60. The largest absolute Gasteiger partial charge is 0.471 e. The molecule has 6 nitrogen and oxygen atoms in total. The maximum absolute atomic E-state index is 12.6. The molecule has 1 fully saturated rings. The topological polar surface area (TPSA) is 73.8 Å². The smallest absolute Gasteiger partial charge is 0.329 e. The summed E-state index contributed by atoms with van der Waals surface area (Å²) in [7, 11) is 0. The number of nitrogens with zero attached hydrogens (tertiary/aromatic N) is 4. The zero-order valence-electron chi connectivity index (χ0n) is 14.9. The number of hydrogen-bond donors (Lipinski definition) is 0. The second-order valence-electron chi connectivity index (χ2n) is 6.93. The SMILES string of the molecule is CC(c1ccc(-c2noc(C(F)(F)F)n2)s1)n1cc(C(=O)CC2CCC2)cn1. The quantitative estimate of drug-likeness (QED) is 0.535. The lowest BCUT2D eigenvalue weighted by Crippen LogP contribution is -2.15. The third-order valence-electron chi connectivity index (χ3n) is 4.95. The summed E-state index contributed by atoms with van der Waals surface area (Å²) in [4.78, 5) is 17.1. The van der Waals surface area contributed by atoms with E-state index in [0.717, 1.165) is 17.7 Å². The molecule has 28 heavy (non-hydrogen) atoms. The first kappa shape index (κ1) is 18.9. The highest BCUT2D eigenvalue weighted by molar-refractivity contribution is 7.15. The number of carbonyl (C=O) groups excluding carboxylic acids is 1. The van der Waals surface area contributed by atoms with Crippen molar-refractivity contribution in [2.45, 2.75) is 44.8 Å². The molecule has 0 saturated heterocycles. The number of aromatic nitrogens is 4. The molecule has 0 radical (unpaired) electrons. The van der Waals surface area contributed by atoms with Crippen LogP contribution in [0.2, 0.25) is 0 Å². The molecule has 0 bridgehead atoms. The van der Waals surface area contributed by atoms with E-state index in [4.69, 9.17) is 0 Å². The van der Waals surface area contributed by atoms with Gasteiger partial charge in [0, 0.05) is 17.5 Å². The normalized spacial score (nSPS) is 16.1. The summed E-state index contributed by atoms with van der Waals surface area (Å²) in [5.74, 6) is -0.883. The molecule has 4 rings (SSSR count). The number of hydrogen-bond acceptors (Lipinski definition) is 6. The molecule has 148 valence electrons. The number of ketones is 1. The molecule has 0 aliphatic heterocycles. The predicted molar refractivity (Wildman–Crippen MR) is 94.9 cm³/mol. The molecule has 1 aliphatic carbocycles. The van der Waals surface area contributed by atoms with Crippen molar-refractivity contribution in [3.05, 3.63) is 40.9 Å². The molecule has 0 amide bonds. The minimum atomic E-state index is -4.67. The van der Waals surface area contributed by atoms with E-state index in [0.29, 0.717) is 22.8 Å². The fraction of sp³-hybridized carbons (Fsp3) is 0.444. The van der Waals surface area contributed by atoms with Gasteiger partial charge < -0.3 is 4.52 Å². The first-order valence-corrected chi connectivity index (χ1v) is 9.71. The van der Waals surface area contributed by atoms with Crippen LogP contribution in [0.1, 0.15) is 59.8 Å². The van der Waals surface area contributed by atoms with Gasteiger partial charge in [0.05, 0.1) is 22.7 Å². The molecule has 1 atom stereocenters. The van der Waals surface area contributed by atoms with Gasteiger partial charge in [-0.05, 0) is 25.0 Å². The molecule has 0 spiro atoms. The van der Waals surface area contributed by atoms with E-state index in [1.165, 1.54) is 17.8 Å². The van der Waals surface area contributed by atoms with Gasteiger partial charge in [-0.2, -0.15) is 23.3 Å². The van der Waals surface area contributed by atoms with Crippen molar-refractivity contribution in [1.82, 2.24) is 19.9 Å². The molecule has 1 unspecified atom stereocenters. The Hall–Kier alpha value is -2.49. The van der Waals surface area contributed by atoms with E-state index in [2.05, 4.69) is 19.8 Å². The summed E-state index contributed by atoms with van der Waals surface area (Å²) in [6, 6.07) is 3.25. The number of thiophene rings is 1. The number of halogens is 3. The molecule has 10 heteroatoms. The van der Waals surface area contributed by atoms with E-state index >= 15 is 0 Å². The molecule has 3 heterocycles. The maximum Gasteiger partial charge on any atom is 0.471 e. The second-order valence-corrected chi connectivity index (χ2v) is 8.05. The van der Waals surface area contributed by atoms with Crippen molar-refractivity contribution >= 4 is 17.1 Å². The van der Waals surface area contributed by atoms with Crippen LogP contribution in [-0.4, -0.2) is 25.7 Å². The predicted octanol–water partition coefficient (Wildman–Crippen LogP) is 5.00. The van der Waals surface area contributed by atoms with Crippen molar-refractivity contribution in [3.8, 4) is 10.7 Å². The lowest BCUT2D eigenvalue weighted by atomic mass is 9.81. The van der Waals surface area contributed by atoms with Gasteiger partial charge in [0.2, 0.25) is 5.82 Å². The van der Waals surface area contributed by atoms with Crippen molar-refractivity contribution in [3.63, 3.8) is 0 Å². The second kappa shape index (κ2) is 7.16. The van der Waals surface area contributed by atoms with Gasteiger partial charge in [0.15, 0.2) is 5.78 Å². The Balaban J connectivity index is 1.48. The van der Waals surface area contributed by atoms with Crippen LogP contribution in [0.3, 0.4) is 0 Å². The molecule has 3 aromatic rings. The van der Waals surface area contributed by atoms with E-state index in [1.54, 1.807) is 29.2 Å². The highest BCUT2D eigenvalue weighted by Gasteiger charge is 2.38. The summed E-state index contributed by atoms with van der Waals surface area (Å²) in [6.45, 7) is 1.90. The van der Waals surface area contributed by atoms with Gasteiger partial charge in [-0.3, -0.25) is 9.48 Å². The van der Waals surface area contributed by atoms with Crippen LogP contribution in [0.4, 0.5) is 13.2 Å². The van der Waals surface area contributed by atoms with Crippen molar-refractivity contribution < 1.29 is 22.5 Å². The van der Waals surface area contributed by atoms with Crippen molar-refractivity contribution in [1.29, 1.82) is 0 Å². The Bertz CT molecular complexity index is 987. The van der Waals surface area contributed by atoms with Gasteiger partial charge in [-0.25, -0.2) is 0 Å². The van der Waals surface area contributed by atoms with Crippen molar-refractivity contribution in [2.75, 3.05) is 0 Å². The van der Waals surface area contributed by atoms with E-state index in [9.17, 15) is 18.0 Å². The minimum Gasteiger partial charge on any atom is -0.329 e. The van der Waals surface area contributed by atoms with E-state index in [1.807, 2.05) is 6.92 Å². The zero-order chi connectivity index (χ0) is 19.9. The van der Waals surface area contributed by atoms with Crippen LogP contribution in [0.15, 0.2) is 29.0 Å². The molecule has 0 N–H and O–H groups in total. The summed E-state index contributed by atoms with van der Waals surface area (Å²) < 4.78 is 43.8. The number of Topliss-reactive ketones (excluding diaryl/α,β-unsaturated/α-hetero) is 1. The minimum absolute atomic E-state index is 0.0986. The van der Waals surface area contributed by atoms with Gasteiger partial charge in [-0.1, -0.05) is 24.4 Å².